The third kappa shape index (κ3) is 3.72. The van der Waals surface area contributed by atoms with Gasteiger partial charge in [-0.25, -0.2) is 0 Å². The largest absolute Gasteiger partial charge is 0.398 e. The van der Waals surface area contributed by atoms with Crippen LogP contribution in [0.5, 0.6) is 0 Å². The Morgan fingerprint density at radius 3 is 2.94 bits per heavy atom. The van der Waals surface area contributed by atoms with Crippen molar-refractivity contribution in [1.29, 1.82) is 0 Å². The molecule has 3 N–H and O–H groups in total. The van der Waals surface area contributed by atoms with E-state index in [-0.39, 0.29) is 11.2 Å². The molecule has 0 radical (unpaired) electrons. The SMILES string of the molecule is CCNC(=O)C(C)Sc1cc(Br)ccc1N. The molecule has 1 aromatic rings. The summed E-state index contributed by atoms with van der Waals surface area (Å²) in [6, 6.07) is 5.64. The van der Waals surface area contributed by atoms with Crippen LogP contribution in [0.1, 0.15) is 13.8 Å². The number of hydrogen-bond donors (Lipinski definition) is 2. The first-order valence-electron chi connectivity index (χ1n) is 5.04. The molecule has 3 nitrogen and oxygen atoms in total. The highest BCUT2D eigenvalue weighted by Gasteiger charge is 2.14. The molecule has 16 heavy (non-hydrogen) atoms. The van der Waals surface area contributed by atoms with Crippen LogP contribution in [0.25, 0.3) is 0 Å². The summed E-state index contributed by atoms with van der Waals surface area (Å²) in [5.41, 5.74) is 6.54. The van der Waals surface area contributed by atoms with Gasteiger partial charge in [0.1, 0.15) is 0 Å². The fourth-order valence-electron chi connectivity index (χ4n) is 1.17. The van der Waals surface area contributed by atoms with Gasteiger partial charge in [-0.2, -0.15) is 0 Å². The number of carbonyl (C=O) groups is 1. The summed E-state index contributed by atoms with van der Waals surface area (Å²) in [7, 11) is 0. The number of halogens is 1. The van der Waals surface area contributed by atoms with Gasteiger partial charge >= 0.3 is 0 Å². The zero-order chi connectivity index (χ0) is 12.1. The zero-order valence-electron chi connectivity index (χ0n) is 9.29. The highest BCUT2D eigenvalue weighted by molar-refractivity contribution is 9.10. The van der Waals surface area contributed by atoms with Crippen LogP contribution in [0.2, 0.25) is 0 Å². The van der Waals surface area contributed by atoms with E-state index in [1.807, 2.05) is 32.0 Å². The lowest BCUT2D eigenvalue weighted by molar-refractivity contribution is -0.120. The van der Waals surface area contributed by atoms with E-state index in [0.29, 0.717) is 12.2 Å². The summed E-state index contributed by atoms with van der Waals surface area (Å²) in [5, 5.41) is 2.65. The monoisotopic (exact) mass is 302 g/mol. The first-order chi connectivity index (χ1) is 7.54. The van der Waals surface area contributed by atoms with E-state index in [9.17, 15) is 4.79 Å². The fraction of sp³-hybridized carbons (Fsp3) is 0.364. The van der Waals surface area contributed by atoms with Crippen molar-refractivity contribution in [1.82, 2.24) is 5.32 Å². The van der Waals surface area contributed by atoms with Crippen LogP contribution in [0.3, 0.4) is 0 Å². The second kappa shape index (κ2) is 6.15. The van der Waals surface area contributed by atoms with Gasteiger partial charge in [-0.1, -0.05) is 15.9 Å². The molecule has 1 rings (SSSR count). The minimum absolute atomic E-state index is 0.0341. The summed E-state index contributed by atoms with van der Waals surface area (Å²) in [4.78, 5) is 12.5. The van der Waals surface area contributed by atoms with Gasteiger partial charge in [0.05, 0.1) is 5.25 Å². The molecule has 0 saturated heterocycles. The number of nitrogens with one attached hydrogen (secondary N) is 1. The highest BCUT2D eigenvalue weighted by atomic mass is 79.9. The van der Waals surface area contributed by atoms with Crippen molar-refractivity contribution in [2.75, 3.05) is 12.3 Å². The Hall–Kier alpha value is -0.680. The maximum Gasteiger partial charge on any atom is 0.233 e. The predicted octanol–water partition coefficient (Wildman–Crippen LogP) is 2.65. The average molecular weight is 303 g/mol. The molecule has 0 saturated carbocycles. The number of amides is 1. The van der Waals surface area contributed by atoms with Gasteiger partial charge in [0.25, 0.3) is 0 Å². The van der Waals surface area contributed by atoms with Crippen molar-refractivity contribution in [3.63, 3.8) is 0 Å². The van der Waals surface area contributed by atoms with Crippen LogP contribution in [0, 0.1) is 0 Å². The smallest absolute Gasteiger partial charge is 0.233 e. The molecule has 1 unspecified atom stereocenters. The minimum Gasteiger partial charge on any atom is -0.398 e. The molecule has 0 aromatic heterocycles. The van der Waals surface area contributed by atoms with E-state index in [1.165, 1.54) is 11.8 Å². The summed E-state index contributed by atoms with van der Waals surface area (Å²) < 4.78 is 0.965. The number of hydrogen-bond acceptors (Lipinski definition) is 3. The summed E-state index contributed by atoms with van der Waals surface area (Å²) >= 11 is 4.85. The molecule has 1 atom stereocenters. The second-order valence-electron chi connectivity index (χ2n) is 3.34. The minimum atomic E-state index is -0.142. The Bertz CT molecular complexity index is 384. The Morgan fingerprint density at radius 1 is 1.62 bits per heavy atom. The summed E-state index contributed by atoms with van der Waals surface area (Å²) in [6.45, 7) is 4.43. The van der Waals surface area contributed by atoms with E-state index in [0.717, 1.165) is 9.37 Å². The van der Waals surface area contributed by atoms with E-state index < -0.39 is 0 Å². The number of carbonyl (C=O) groups excluding carboxylic acids is 1. The molecule has 5 heteroatoms. The number of thioether (sulfide) groups is 1. The Kier molecular flexibility index (Phi) is 5.15. The standard InChI is InChI=1S/C11H15BrN2OS/c1-3-14-11(15)7(2)16-10-6-8(12)4-5-9(10)13/h4-7H,3,13H2,1-2H3,(H,14,15). The van der Waals surface area contributed by atoms with Crippen molar-refractivity contribution in [2.24, 2.45) is 0 Å². The van der Waals surface area contributed by atoms with Crippen molar-refractivity contribution >= 4 is 39.3 Å². The first kappa shape index (κ1) is 13.4. The fourth-order valence-corrected chi connectivity index (χ4v) is 2.66. The molecule has 0 heterocycles. The number of nitrogen functional groups attached to an aromatic ring is 1. The Morgan fingerprint density at radius 2 is 2.31 bits per heavy atom. The van der Waals surface area contributed by atoms with Crippen molar-refractivity contribution in [2.45, 2.75) is 24.0 Å². The van der Waals surface area contributed by atoms with Crippen molar-refractivity contribution in [3.05, 3.63) is 22.7 Å². The highest BCUT2D eigenvalue weighted by Crippen LogP contribution is 2.31. The predicted molar refractivity (Wildman–Crippen MR) is 72.6 cm³/mol. The number of anilines is 1. The average Bonchev–Trinajstić information content (AvgIpc) is 2.23. The molecule has 0 spiro atoms. The van der Waals surface area contributed by atoms with Crippen LogP contribution in [-0.2, 0) is 4.79 Å². The topological polar surface area (TPSA) is 55.1 Å². The van der Waals surface area contributed by atoms with Gasteiger partial charge in [0.2, 0.25) is 5.91 Å². The van der Waals surface area contributed by atoms with E-state index in [4.69, 9.17) is 5.73 Å². The number of benzene rings is 1. The maximum absolute atomic E-state index is 11.6. The molecule has 1 amide bonds. The number of rotatable bonds is 4. The lowest BCUT2D eigenvalue weighted by Crippen LogP contribution is -2.30. The van der Waals surface area contributed by atoms with Gasteiger partial charge in [-0.15, -0.1) is 11.8 Å². The number of nitrogens with two attached hydrogens (primary N) is 1. The van der Waals surface area contributed by atoms with Crippen LogP contribution in [-0.4, -0.2) is 17.7 Å². The van der Waals surface area contributed by atoms with Crippen LogP contribution < -0.4 is 11.1 Å². The molecule has 0 aliphatic rings. The molecular formula is C11H15BrN2OS. The molecule has 0 aliphatic heterocycles. The zero-order valence-corrected chi connectivity index (χ0v) is 11.7. The third-order valence-electron chi connectivity index (χ3n) is 2.00. The summed E-state index contributed by atoms with van der Waals surface area (Å²) in [6.07, 6.45) is 0. The van der Waals surface area contributed by atoms with E-state index in [2.05, 4.69) is 21.2 Å². The quantitative estimate of drug-likeness (QED) is 0.664. The summed E-state index contributed by atoms with van der Waals surface area (Å²) in [5.74, 6) is 0.0341. The molecule has 1 aromatic carbocycles. The molecule has 0 bridgehead atoms. The second-order valence-corrected chi connectivity index (χ2v) is 5.64. The van der Waals surface area contributed by atoms with E-state index >= 15 is 0 Å². The van der Waals surface area contributed by atoms with Gasteiger partial charge < -0.3 is 11.1 Å². The molecule has 0 aliphatic carbocycles. The first-order valence-corrected chi connectivity index (χ1v) is 6.71. The van der Waals surface area contributed by atoms with Crippen molar-refractivity contribution < 1.29 is 4.79 Å². The van der Waals surface area contributed by atoms with Gasteiger partial charge in [-0.05, 0) is 32.0 Å². The molecule has 88 valence electrons. The van der Waals surface area contributed by atoms with Gasteiger partial charge in [0.15, 0.2) is 0 Å². The third-order valence-corrected chi connectivity index (χ3v) is 3.67. The lowest BCUT2D eigenvalue weighted by Gasteiger charge is -2.12. The van der Waals surface area contributed by atoms with Gasteiger partial charge in [-0.3, -0.25) is 4.79 Å². The maximum atomic E-state index is 11.6. The van der Waals surface area contributed by atoms with Crippen LogP contribution >= 0.6 is 27.7 Å². The normalized spacial score (nSPS) is 12.2. The van der Waals surface area contributed by atoms with Crippen molar-refractivity contribution in [3.8, 4) is 0 Å². The Labute approximate surface area is 108 Å². The van der Waals surface area contributed by atoms with Crippen LogP contribution in [0.15, 0.2) is 27.6 Å². The lowest BCUT2D eigenvalue weighted by atomic mass is 10.3. The molecular weight excluding hydrogens is 288 g/mol. The Balaban J connectivity index is 2.72. The van der Waals surface area contributed by atoms with E-state index in [1.54, 1.807) is 0 Å². The molecule has 0 fully saturated rings. The van der Waals surface area contributed by atoms with Crippen LogP contribution in [0.4, 0.5) is 5.69 Å². The van der Waals surface area contributed by atoms with Gasteiger partial charge in [0, 0.05) is 21.6 Å².